The van der Waals surface area contributed by atoms with Crippen LogP contribution < -0.4 is 0 Å². The minimum absolute atomic E-state index is 0.120. The average Bonchev–Trinajstić information content (AvgIpc) is 2.56. The van der Waals surface area contributed by atoms with Crippen LogP contribution in [0.5, 0.6) is 0 Å². The Morgan fingerprint density at radius 1 is 1.00 bits per heavy atom. The lowest BCUT2D eigenvalue weighted by Gasteiger charge is -2.28. The van der Waals surface area contributed by atoms with Gasteiger partial charge in [-0.15, -0.1) is 0 Å². The molecule has 1 aliphatic heterocycles. The molecule has 0 radical (unpaired) electrons. The molecule has 3 heteroatoms. The van der Waals surface area contributed by atoms with E-state index >= 15 is 0 Å². The highest BCUT2D eigenvalue weighted by Crippen LogP contribution is 2.28. The Balaban J connectivity index is 1.86. The van der Waals surface area contributed by atoms with Crippen LogP contribution in [0.15, 0.2) is 60.7 Å². The number of aliphatic hydroxyl groups is 1. The maximum Gasteiger partial charge on any atom is 0.368 e. The van der Waals surface area contributed by atoms with Gasteiger partial charge in [0.05, 0.1) is 5.76 Å². The van der Waals surface area contributed by atoms with Crippen LogP contribution in [-0.2, 0) is 4.43 Å². The maximum absolute atomic E-state index is 5.79. The van der Waals surface area contributed by atoms with E-state index in [4.69, 9.17) is 4.43 Å². The predicted molar refractivity (Wildman–Crippen MR) is 88.1 cm³/mol. The van der Waals surface area contributed by atoms with Crippen LogP contribution in [0.1, 0.15) is 42.6 Å². The largest absolute Gasteiger partial charge is 0.648 e. The summed E-state index contributed by atoms with van der Waals surface area (Å²) in [5.41, 5.74) is 3.72. The van der Waals surface area contributed by atoms with Crippen molar-refractivity contribution in [2.24, 2.45) is 0 Å². The lowest BCUT2D eigenvalue weighted by atomic mass is 10.0. The summed E-state index contributed by atoms with van der Waals surface area (Å²) in [6.07, 6.45) is 2.24. The van der Waals surface area contributed by atoms with Gasteiger partial charge in [0, 0.05) is 17.2 Å². The van der Waals surface area contributed by atoms with E-state index in [1.165, 1.54) is 11.1 Å². The van der Waals surface area contributed by atoms with Gasteiger partial charge in [-0.25, -0.2) is 0 Å². The van der Waals surface area contributed by atoms with Gasteiger partial charge in [0.1, 0.15) is 0 Å². The monoisotopic (exact) mass is 296 g/mol. The maximum atomic E-state index is 5.79. The molecule has 2 nitrogen and oxygen atoms in total. The zero-order valence-corrected chi connectivity index (χ0v) is 13.5. The summed E-state index contributed by atoms with van der Waals surface area (Å²) in [6, 6.07) is 19.0. The van der Waals surface area contributed by atoms with Crippen molar-refractivity contribution in [3.8, 4) is 0 Å². The van der Waals surface area contributed by atoms with E-state index in [1.54, 1.807) is 0 Å². The van der Waals surface area contributed by atoms with Crippen molar-refractivity contribution in [2.45, 2.75) is 25.9 Å². The fourth-order valence-corrected chi connectivity index (χ4v) is 3.19. The minimum Gasteiger partial charge on any atom is -0.648 e. The van der Waals surface area contributed by atoms with Crippen LogP contribution >= 0.6 is 0 Å². The zero-order chi connectivity index (χ0) is 14.7. The van der Waals surface area contributed by atoms with E-state index in [1.807, 2.05) is 6.07 Å². The smallest absolute Gasteiger partial charge is 0.368 e. The van der Waals surface area contributed by atoms with Crippen molar-refractivity contribution >= 4 is 15.8 Å². The normalized spacial score (nSPS) is 18.2. The van der Waals surface area contributed by atoms with Crippen LogP contribution in [0.3, 0.4) is 0 Å². The number of benzene rings is 2. The standard InChI is InChI=1S/C18H20O2Si/c1-13(2)14-8-10-16(11-9-14)18-12-17(19-21-20-18)15-6-4-3-5-7-15/h3-13,17,19,21H,1-2H3. The Labute approximate surface area is 128 Å². The summed E-state index contributed by atoms with van der Waals surface area (Å²) in [5, 5.41) is 0. The summed E-state index contributed by atoms with van der Waals surface area (Å²) in [4.78, 5) is 0. The number of rotatable bonds is 3. The summed E-state index contributed by atoms with van der Waals surface area (Å²) in [6.45, 7) is 4.42. The second-order valence-electron chi connectivity index (χ2n) is 5.54. The van der Waals surface area contributed by atoms with Crippen molar-refractivity contribution in [2.75, 3.05) is 0 Å². The van der Waals surface area contributed by atoms with Crippen molar-refractivity contribution in [3.63, 3.8) is 0 Å². The molecule has 0 saturated carbocycles. The van der Waals surface area contributed by atoms with Gasteiger partial charge in [-0.05, 0) is 11.5 Å². The first kappa shape index (κ1) is 14.1. The third-order valence-corrected chi connectivity index (χ3v) is 4.52. The van der Waals surface area contributed by atoms with E-state index < -0.39 is 0 Å². The molecular weight excluding hydrogens is 276 g/mol. The minimum atomic E-state index is -0.340. The molecule has 0 spiro atoms. The Hall–Kier alpha value is -1.84. The Kier molecular flexibility index (Phi) is 4.22. The molecule has 1 unspecified atom stereocenters. The molecule has 1 N–H and O–H groups in total. The van der Waals surface area contributed by atoms with Gasteiger partial charge >= 0.3 is 10.0 Å². The van der Waals surface area contributed by atoms with Gasteiger partial charge < -0.3 is 8.85 Å². The molecule has 1 heterocycles. The van der Waals surface area contributed by atoms with Crippen LogP contribution in [-0.4, -0.2) is 14.4 Å². The van der Waals surface area contributed by atoms with Gasteiger partial charge in [0.2, 0.25) is 0 Å². The molecule has 1 aliphatic rings. The van der Waals surface area contributed by atoms with E-state index in [-0.39, 0.29) is 16.1 Å². The average molecular weight is 296 g/mol. The lowest BCUT2D eigenvalue weighted by molar-refractivity contribution is 0.0526. The third-order valence-electron chi connectivity index (χ3n) is 3.71. The highest BCUT2D eigenvalue weighted by Gasteiger charge is 2.17. The van der Waals surface area contributed by atoms with E-state index in [0.717, 1.165) is 11.3 Å². The first-order chi connectivity index (χ1) is 10.2. The van der Waals surface area contributed by atoms with Crippen LogP contribution in [0.2, 0.25) is 0 Å². The second-order valence-corrected chi connectivity index (χ2v) is 6.28. The van der Waals surface area contributed by atoms with Crippen LogP contribution in [0.4, 0.5) is 0 Å². The number of hydrogen-bond acceptors (Lipinski definition) is 1. The summed E-state index contributed by atoms with van der Waals surface area (Å²) in [5.74, 6) is 1.52. The molecule has 0 saturated heterocycles. The molecule has 0 bridgehead atoms. The van der Waals surface area contributed by atoms with Crippen LogP contribution in [0.25, 0.3) is 5.76 Å². The van der Waals surface area contributed by atoms with E-state index in [9.17, 15) is 0 Å². The molecule has 2 aromatic carbocycles. The first-order valence-electron chi connectivity index (χ1n) is 7.29. The molecule has 0 aliphatic carbocycles. The SMILES string of the molecule is CC(C)c1ccc(C2=CC(c3ccccc3)[OH+][SiH-]O2)cc1. The molecule has 2 aromatic rings. The second kappa shape index (κ2) is 6.29. The van der Waals surface area contributed by atoms with Crippen LogP contribution in [0, 0.1) is 0 Å². The van der Waals surface area contributed by atoms with Crippen molar-refractivity contribution in [1.29, 1.82) is 0 Å². The number of hydrogen-bond donors (Lipinski definition) is 0. The van der Waals surface area contributed by atoms with Gasteiger partial charge in [-0.3, -0.25) is 0 Å². The lowest BCUT2D eigenvalue weighted by Crippen LogP contribution is -2.19. The topological polar surface area (TPSA) is 22.0 Å². The highest BCUT2D eigenvalue weighted by molar-refractivity contribution is 6.20. The van der Waals surface area contributed by atoms with Gasteiger partial charge in [-0.2, -0.15) is 0 Å². The zero-order valence-electron chi connectivity index (χ0n) is 12.4. The highest BCUT2D eigenvalue weighted by atomic mass is 28.3. The molecule has 3 rings (SSSR count). The molecule has 21 heavy (non-hydrogen) atoms. The third kappa shape index (κ3) is 3.26. The van der Waals surface area contributed by atoms with E-state index in [2.05, 4.69) is 72.9 Å². The summed E-state index contributed by atoms with van der Waals surface area (Å²) < 4.78 is 10.4. The molecular formula is C18H20O2Si. The van der Waals surface area contributed by atoms with Gasteiger partial charge in [0.15, 0.2) is 6.10 Å². The van der Waals surface area contributed by atoms with E-state index in [0.29, 0.717) is 5.92 Å². The predicted octanol–water partition coefficient (Wildman–Crippen LogP) is 3.72. The quantitative estimate of drug-likeness (QED) is 0.625. The summed E-state index contributed by atoms with van der Waals surface area (Å²) in [7, 11) is -0.340. The van der Waals surface area contributed by atoms with Gasteiger partial charge in [0.25, 0.3) is 0 Å². The molecule has 0 amide bonds. The Morgan fingerprint density at radius 2 is 1.71 bits per heavy atom. The Morgan fingerprint density at radius 3 is 2.38 bits per heavy atom. The van der Waals surface area contributed by atoms with Crippen molar-refractivity contribution in [1.82, 2.24) is 0 Å². The molecule has 0 fully saturated rings. The Bertz CT molecular complexity index is 617. The molecule has 108 valence electrons. The molecule has 1 atom stereocenters. The summed E-state index contributed by atoms with van der Waals surface area (Å²) >= 11 is 0. The fraction of sp³-hybridized carbons (Fsp3) is 0.222. The van der Waals surface area contributed by atoms with Crippen molar-refractivity contribution in [3.05, 3.63) is 77.4 Å². The van der Waals surface area contributed by atoms with Gasteiger partial charge in [-0.1, -0.05) is 68.4 Å². The first-order valence-corrected chi connectivity index (χ1v) is 8.28. The fourth-order valence-electron chi connectivity index (χ4n) is 2.41. The van der Waals surface area contributed by atoms with Crippen molar-refractivity contribution < 1.29 is 8.85 Å². The molecule has 0 aromatic heterocycles.